The Morgan fingerprint density at radius 2 is 1.94 bits per heavy atom. The van der Waals surface area contributed by atoms with E-state index in [4.69, 9.17) is 9.47 Å². The van der Waals surface area contributed by atoms with Crippen molar-refractivity contribution in [2.75, 3.05) is 26.7 Å². The summed E-state index contributed by atoms with van der Waals surface area (Å²) in [6, 6.07) is 0. The number of carbonyl (C=O) groups is 1. The molecule has 0 aliphatic carbocycles. The molecule has 5 nitrogen and oxygen atoms in total. The summed E-state index contributed by atoms with van der Waals surface area (Å²) in [7, 11) is 1.43. The van der Waals surface area contributed by atoms with Crippen molar-refractivity contribution < 1.29 is 19.4 Å². The molecule has 0 amide bonds. The van der Waals surface area contributed by atoms with Gasteiger partial charge in [-0.3, -0.25) is 9.69 Å². The Bertz CT molecular complexity index is 267. The quantitative estimate of drug-likeness (QED) is 0.603. The van der Waals surface area contributed by atoms with Crippen LogP contribution in [0.15, 0.2) is 0 Å². The van der Waals surface area contributed by atoms with Crippen molar-refractivity contribution in [1.82, 2.24) is 4.90 Å². The Hall–Kier alpha value is -0.650. The number of likely N-dealkylation sites (tertiary alicyclic amines) is 1. The lowest BCUT2D eigenvalue weighted by atomic mass is 9.97. The van der Waals surface area contributed by atoms with E-state index in [1.54, 1.807) is 0 Å². The van der Waals surface area contributed by atoms with Gasteiger partial charge in [0, 0.05) is 6.54 Å². The first-order valence-electron chi connectivity index (χ1n) is 6.48. The number of rotatable bonds is 4. The van der Waals surface area contributed by atoms with Crippen LogP contribution in [0, 0.1) is 5.92 Å². The Labute approximate surface area is 109 Å². The van der Waals surface area contributed by atoms with Crippen molar-refractivity contribution in [1.29, 1.82) is 0 Å². The van der Waals surface area contributed by atoms with E-state index < -0.39 is 6.29 Å². The second kappa shape index (κ2) is 6.50. The molecule has 1 heterocycles. The van der Waals surface area contributed by atoms with Crippen molar-refractivity contribution in [3.8, 4) is 0 Å². The molecule has 0 aromatic carbocycles. The van der Waals surface area contributed by atoms with E-state index in [-0.39, 0.29) is 17.5 Å². The average Bonchev–Trinajstić information content (AvgIpc) is 2.26. The Morgan fingerprint density at radius 3 is 2.39 bits per heavy atom. The molecule has 1 aliphatic heterocycles. The van der Waals surface area contributed by atoms with E-state index in [9.17, 15) is 9.90 Å². The average molecular weight is 259 g/mol. The monoisotopic (exact) mass is 259 g/mol. The number of carbonyl (C=O) groups excluding carboxylic acids is 1. The lowest BCUT2D eigenvalue weighted by Gasteiger charge is -2.33. The van der Waals surface area contributed by atoms with Gasteiger partial charge in [-0.05, 0) is 46.7 Å². The largest absolute Gasteiger partial charge is 0.469 e. The van der Waals surface area contributed by atoms with Crippen LogP contribution in [-0.2, 0) is 14.3 Å². The number of aliphatic hydroxyl groups excluding tert-OH is 1. The molecule has 0 aromatic rings. The molecule has 18 heavy (non-hydrogen) atoms. The number of aliphatic hydroxyl groups is 1. The van der Waals surface area contributed by atoms with Crippen LogP contribution in [-0.4, -0.2) is 54.6 Å². The number of nitrogens with zero attached hydrogens (tertiary/aromatic N) is 1. The number of β-amino-alcohol motifs (C(OH)–C–C–N with tert-alkyl or cyclic N) is 1. The molecule has 1 unspecified atom stereocenters. The number of piperidine rings is 1. The summed E-state index contributed by atoms with van der Waals surface area (Å²) in [5, 5.41) is 9.80. The molecule has 0 bridgehead atoms. The molecule has 0 saturated carbocycles. The van der Waals surface area contributed by atoms with Gasteiger partial charge in [-0.15, -0.1) is 0 Å². The van der Waals surface area contributed by atoms with Gasteiger partial charge in [0.05, 0.1) is 18.6 Å². The molecule has 0 aromatic heterocycles. The molecule has 106 valence electrons. The van der Waals surface area contributed by atoms with Gasteiger partial charge in [-0.2, -0.15) is 0 Å². The highest BCUT2D eigenvalue weighted by molar-refractivity contribution is 5.72. The highest BCUT2D eigenvalue weighted by Gasteiger charge is 2.27. The molecule has 5 heteroatoms. The maximum Gasteiger partial charge on any atom is 0.308 e. The summed E-state index contributed by atoms with van der Waals surface area (Å²) >= 11 is 0. The van der Waals surface area contributed by atoms with Crippen molar-refractivity contribution in [3.63, 3.8) is 0 Å². The Morgan fingerprint density at radius 1 is 1.39 bits per heavy atom. The third kappa shape index (κ3) is 5.33. The first-order chi connectivity index (χ1) is 8.31. The van der Waals surface area contributed by atoms with Crippen LogP contribution in [0.25, 0.3) is 0 Å². The van der Waals surface area contributed by atoms with Crippen LogP contribution in [0.3, 0.4) is 0 Å². The van der Waals surface area contributed by atoms with E-state index in [0.29, 0.717) is 6.54 Å². The minimum absolute atomic E-state index is 0.00641. The van der Waals surface area contributed by atoms with Gasteiger partial charge >= 0.3 is 5.97 Å². The summed E-state index contributed by atoms with van der Waals surface area (Å²) in [6.07, 6.45) is 0.795. The zero-order valence-electron chi connectivity index (χ0n) is 11.8. The fraction of sp³-hybridized carbons (Fsp3) is 0.923. The summed E-state index contributed by atoms with van der Waals surface area (Å²) in [5.74, 6) is -0.118. The van der Waals surface area contributed by atoms with Gasteiger partial charge in [-0.25, -0.2) is 0 Å². The van der Waals surface area contributed by atoms with Crippen LogP contribution in [0.4, 0.5) is 0 Å². The predicted octanol–water partition coefficient (Wildman–Crippen LogP) is 1.00. The van der Waals surface area contributed by atoms with Crippen LogP contribution in [0.5, 0.6) is 0 Å². The zero-order chi connectivity index (χ0) is 13.8. The molecule has 0 radical (unpaired) electrons. The number of methoxy groups -OCH3 is 1. The fourth-order valence-electron chi connectivity index (χ4n) is 2.18. The lowest BCUT2D eigenvalue weighted by molar-refractivity contribution is -0.175. The predicted molar refractivity (Wildman–Crippen MR) is 68.0 cm³/mol. The topological polar surface area (TPSA) is 59.0 Å². The highest BCUT2D eigenvalue weighted by Crippen LogP contribution is 2.19. The number of esters is 1. The molecule has 1 aliphatic rings. The highest BCUT2D eigenvalue weighted by atomic mass is 16.6. The van der Waals surface area contributed by atoms with Crippen LogP contribution in [0.2, 0.25) is 0 Å². The van der Waals surface area contributed by atoms with E-state index in [0.717, 1.165) is 25.9 Å². The molecule has 1 atom stereocenters. The molecular formula is C13H25NO4. The molecule has 1 N–H and O–H groups in total. The standard InChI is InChI=1S/C13H25NO4/c1-13(2,3)18-11(15)9-14-7-5-10(6-8-14)12(16)17-4/h10-11,15H,5-9H2,1-4H3. The second-order valence-electron chi connectivity index (χ2n) is 5.78. The number of hydrogen-bond acceptors (Lipinski definition) is 5. The third-order valence-electron chi connectivity index (χ3n) is 3.03. The van der Waals surface area contributed by atoms with Gasteiger partial charge in [-0.1, -0.05) is 0 Å². The van der Waals surface area contributed by atoms with Crippen molar-refractivity contribution >= 4 is 5.97 Å². The normalized spacial score (nSPS) is 20.7. The summed E-state index contributed by atoms with van der Waals surface area (Å²) in [4.78, 5) is 13.5. The van der Waals surface area contributed by atoms with E-state index in [1.807, 2.05) is 20.8 Å². The van der Waals surface area contributed by atoms with Crippen molar-refractivity contribution in [2.24, 2.45) is 5.92 Å². The van der Waals surface area contributed by atoms with Gasteiger partial charge < -0.3 is 14.6 Å². The summed E-state index contributed by atoms with van der Waals surface area (Å²) in [5.41, 5.74) is -0.343. The summed E-state index contributed by atoms with van der Waals surface area (Å²) < 4.78 is 10.2. The SMILES string of the molecule is COC(=O)C1CCN(CC(O)OC(C)(C)C)CC1. The number of hydrogen-bond donors (Lipinski definition) is 1. The lowest BCUT2D eigenvalue weighted by Crippen LogP contribution is -2.43. The smallest absolute Gasteiger partial charge is 0.308 e. The Kier molecular flexibility index (Phi) is 5.56. The first-order valence-corrected chi connectivity index (χ1v) is 6.48. The van der Waals surface area contributed by atoms with Crippen LogP contribution < -0.4 is 0 Å². The fourth-order valence-corrected chi connectivity index (χ4v) is 2.18. The molecule has 1 rings (SSSR count). The first kappa shape index (κ1) is 15.4. The molecule has 0 spiro atoms. The van der Waals surface area contributed by atoms with Gasteiger partial charge in [0.15, 0.2) is 6.29 Å². The van der Waals surface area contributed by atoms with Gasteiger partial charge in [0.1, 0.15) is 0 Å². The minimum Gasteiger partial charge on any atom is -0.469 e. The Balaban J connectivity index is 2.29. The minimum atomic E-state index is -0.778. The number of ether oxygens (including phenoxy) is 2. The van der Waals surface area contributed by atoms with E-state index in [1.165, 1.54) is 7.11 Å². The van der Waals surface area contributed by atoms with Crippen molar-refractivity contribution in [3.05, 3.63) is 0 Å². The van der Waals surface area contributed by atoms with E-state index in [2.05, 4.69) is 4.90 Å². The second-order valence-corrected chi connectivity index (χ2v) is 5.78. The zero-order valence-corrected chi connectivity index (χ0v) is 11.8. The molecular weight excluding hydrogens is 234 g/mol. The molecule has 1 saturated heterocycles. The van der Waals surface area contributed by atoms with Gasteiger partial charge in [0.2, 0.25) is 0 Å². The van der Waals surface area contributed by atoms with E-state index >= 15 is 0 Å². The third-order valence-corrected chi connectivity index (χ3v) is 3.03. The summed E-state index contributed by atoms with van der Waals surface area (Å²) in [6.45, 7) is 7.83. The van der Waals surface area contributed by atoms with Gasteiger partial charge in [0.25, 0.3) is 0 Å². The molecule has 1 fully saturated rings. The maximum atomic E-state index is 11.4. The van der Waals surface area contributed by atoms with Crippen molar-refractivity contribution in [2.45, 2.75) is 45.5 Å². The maximum absolute atomic E-state index is 11.4. The van der Waals surface area contributed by atoms with Crippen LogP contribution in [0.1, 0.15) is 33.6 Å². The van der Waals surface area contributed by atoms with Crippen LogP contribution >= 0.6 is 0 Å².